The zero-order chi connectivity index (χ0) is 18.7. The van der Waals surface area contributed by atoms with E-state index in [-0.39, 0.29) is 5.91 Å². The molecule has 0 fully saturated rings. The summed E-state index contributed by atoms with van der Waals surface area (Å²) in [5, 5.41) is 4.47. The highest BCUT2D eigenvalue weighted by Crippen LogP contribution is 2.28. The van der Waals surface area contributed by atoms with Crippen molar-refractivity contribution < 1.29 is 4.79 Å². The van der Waals surface area contributed by atoms with Crippen molar-refractivity contribution in [3.63, 3.8) is 0 Å². The second-order valence-corrected chi connectivity index (χ2v) is 7.40. The number of halogens is 1. The molecule has 3 aromatic rings. The standard InChI is InChI=1S/C21H24ClN3O/c1-14(2)9-11-25-15(3)17(16-6-4-5-7-20(16)25)12-21(26)24-19-8-10-23-13-18(19)22/h4-8,10,13-14H,9,11-12H2,1-3H3,(H,23,24,26). The third-order valence-electron chi connectivity index (χ3n) is 4.68. The summed E-state index contributed by atoms with van der Waals surface area (Å²) >= 11 is 6.09. The van der Waals surface area contributed by atoms with E-state index in [1.165, 1.54) is 11.7 Å². The van der Waals surface area contributed by atoms with Gasteiger partial charge < -0.3 is 9.88 Å². The molecule has 0 unspecified atom stereocenters. The van der Waals surface area contributed by atoms with Crippen LogP contribution in [0.15, 0.2) is 42.7 Å². The van der Waals surface area contributed by atoms with E-state index in [2.05, 4.69) is 47.8 Å². The molecule has 4 nitrogen and oxygen atoms in total. The van der Waals surface area contributed by atoms with E-state index in [1.54, 1.807) is 12.3 Å². The summed E-state index contributed by atoms with van der Waals surface area (Å²) in [5.74, 6) is 0.559. The molecule has 0 aliphatic rings. The molecule has 2 aromatic heterocycles. The molecule has 2 heterocycles. The van der Waals surface area contributed by atoms with Gasteiger partial charge in [-0.1, -0.05) is 43.6 Å². The fraction of sp³-hybridized carbons (Fsp3) is 0.333. The molecular formula is C21H24ClN3O. The molecule has 0 radical (unpaired) electrons. The number of carbonyl (C=O) groups excluding carboxylic acids is 1. The summed E-state index contributed by atoms with van der Waals surface area (Å²) in [6, 6.07) is 10.0. The predicted molar refractivity (Wildman–Crippen MR) is 108 cm³/mol. The van der Waals surface area contributed by atoms with Crippen molar-refractivity contribution in [2.45, 2.75) is 40.2 Å². The Morgan fingerprint density at radius 1 is 1.27 bits per heavy atom. The van der Waals surface area contributed by atoms with Gasteiger partial charge in [-0.25, -0.2) is 0 Å². The van der Waals surface area contributed by atoms with Gasteiger partial charge >= 0.3 is 0 Å². The van der Waals surface area contributed by atoms with Gasteiger partial charge in [0.2, 0.25) is 5.91 Å². The maximum absolute atomic E-state index is 12.6. The third kappa shape index (κ3) is 3.91. The lowest BCUT2D eigenvalue weighted by Gasteiger charge is -2.11. The summed E-state index contributed by atoms with van der Waals surface area (Å²) in [7, 11) is 0. The van der Waals surface area contributed by atoms with E-state index in [1.807, 2.05) is 12.1 Å². The number of anilines is 1. The molecule has 136 valence electrons. The SMILES string of the molecule is Cc1c(CC(=O)Nc2ccncc2Cl)c2ccccc2n1CCC(C)C. The molecule has 1 amide bonds. The lowest BCUT2D eigenvalue weighted by atomic mass is 10.1. The Bertz CT molecular complexity index is 930. The van der Waals surface area contributed by atoms with Gasteiger partial charge in [0.25, 0.3) is 0 Å². The zero-order valence-corrected chi connectivity index (χ0v) is 16.2. The van der Waals surface area contributed by atoms with Gasteiger partial charge in [-0.15, -0.1) is 0 Å². The minimum atomic E-state index is -0.0760. The molecule has 0 spiro atoms. The van der Waals surface area contributed by atoms with Crippen LogP contribution in [0, 0.1) is 12.8 Å². The van der Waals surface area contributed by atoms with Crippen LogP contribution in [0.5, 0.6) is 0 Å². The molecule has 0 aliphatic heterocycles. The van der Waals surface area contributed by atoms with Crippen molar-refractivity contribution in [2.24, 2.45) is 5.92 Å². The summed E-state index contributed by atoms with van der Waals surface area (Å²) in [6.45, 7) is 7.52. The molecule has 0 saturated carbocycles. The van der Waals surface area contributed by atoms with Gasteiger partial charge in [-0.2, -0.15) is 0 Å². The van der Waals surface area contributed by atoms with E-state index >= 15 is 0 Å². The largest absolute Gasteiger partial charge is 0.345 e. The second kappa shape index (κ2) is 7.92. The van der Waals surface area contributed by atoms with Gasteiger partial charge in [-0.3, -0.25) is 9.78 Å². The lowest BCUT2D eigenvalue weighted by molar-refractivity contribution is -0.115. The van der Waals surface area contributed by atoms with E-state index in [0.717, 1.165) is 29.6 Å². The Morgan fingerprint density at radius 3 is 2.77 bits per heavy atom. The first kappa shape index (κ1) is 18.5. The average Bonchev–Trinajstić information content (AvgIpc) is 2.87. The van der Waals surface area contributed by atoms with Crippen molar-refractivity contribution in [3.8, 4) is 0 Å². The molecule has 5 heteroatoms. The number of aryl methyl sites for hydroxylation is 1. The molecule has 0 aliphatic carbocycles. The second-order valence-electron chi connectivity index (χ2n) is 7.00. The number of amides is 1. The van der Waals surface area contributed by atoms with Gasteiger partial charge in [0, 0.05) is 35.5 Å². The quantitative estimate of drug-likeness (QED) is 0.647. The van der Waals surface area contributed by atoms with Crippen molar-refractivity contribution in [1.29, 1.82) is 0 Å². The van der Waals surface area contributed by atoms with Gasteiger partial charge in [-0.05, 0) is 37.0 Å². The van der Waals surface area contributed by atoms with Crippen LogP contribution in [0.25, 0.3) is 10.9 Å². The van der Waals surface area contributed by atoms with Crippen LogP contribution < -0.4 is 5.32 Å². The first-order chi connectivity index (χ1) is 12.5. The number of hydrogen-bond donors (Lipinski definition) is 1. The summed E-state index contributed by atoms with van der Waals surface area (Å²) < 4.78 is 2.33. The molecule has 3 rings (SSSR count). The first-order valence-corrected chi connectivity index (χ1v) is 9.31. The van der Waals surface area contributed by atoms with Gasteiger partial charge in [0.1, 0.15) is 0 Å². The van der Waals surface area contributed by atoms with E-state index in [4.69, 9.17) is 11.6 Å². The summed E-state index contributed by atoms with van der Waals surface area (Å²) in [5.41, 5.74) is 4.01. The maximum atomic E-state index is 12.6. The molecule has 0 bridgehead atoms. The Labute approximate surface area is 159 Å². The molecule has 0 saturated heterocycles. The van der Waals surface area contributed by atoms with Crippen LogP contribution in [0.2, 0.25) is 5.02 Å². The number of carbonyl (C=O) groups is 1. The average molecular weight is 370 g/mol. The van der Waals surface area contributed by atoms with Crippen LogP contribution in [-0.4, -0.2) is 15.5 Å². The Balaban J connectivity index is 1.88. The molecule has 26 heavy (non-hydrogen) atoms. The first-order valence-electron chi connectivity index (χ1n) is 8.93. The lowest BCUT2D eigenvalue weighted by Crippen LogP contribution is -2.15. The number of aromatic nitrogens is 2. The highest BCUT2D eigenvalue weighted by Gasteiger charge is 2.17. The van der Waals surface area contributed by atoms with Crippen LogP contribution >= 0.6 is 11.6 Å². The van der Waals surface area contributed by atoms with Crippen LogP contribution in [0.1, 0.15) is 31.5 Å². The fourth-order valence-electron chi connectivity index (χ4n) is 3.23. The summed E-state index contributed by atoms with van der Waals surface area (Å²) in [4.78, 5) is 16.5. The topological polar surface area (TPSA) is 46.9 Å². The minimum absolute atomic E-state index is 0.0760. The van der Waals surface area contributed by atoms with Gasteiger partial charge in [0.05, 0.1) is 17.1 Å². The third-order valence-corrected chi connectivity index (χ3v) is 4.98. The number of fused-ring (bicyclic) bond motifs is 1. The van der Waals surface area contributed by atoms with Crippen molar-refractivity contribution in [2.75, 3.05) is 5.32 Å². The van der Waals surface area contributed by atoms with E-state index in [0.29, 0.717) is 23.0 Å². The number of nitrogens with zero attached hydrogens (tertiary/aromatic N) is 2. The number of nitrogens with one attached hydrogen (secondary N) is 1. The Hall–Kier alpha value is -2.33. The zero-order valence-electron chi connectivity index (χ0n) is 15.4. The van der Waals surface area contributed by atoms with E-state index in [9.17, 15) is 4.79 Å². The van der Waals surface area contributed by atoms with Crippen LogP contribution in [-0.2, 0) is 17.8 Å². The van der Waals surface area contributed by atoms with Crippen molar-refractivity contribution in [1.82, 2.24) is 9.55 Å². The molecular weight excluding hydrogens is 346 g/mol. The van der Waals surface area contributed by atoms with E-state index < -0.39 is 0 Å². The fourth-order valence-corrected chi connectivity index (χ4v) is 3.40. The maximum Gasteiger partial charge on any atom is 0.228 e. The van der Waals surface area contributed by atoms with Crippen molar-refractivity contribution >= 4 is 34.1 Å². The Kier molecular flexibility index (Phi) is 5.62. The van der Waals surface area contributed by atoms with Crippen LogP contribution in [0.4, 0.5) is 5.69 Å². The normalized spacial score (nSPS) is 11.3. The molecule has 0 atom stereocenters. The monoisotopic (exact) mass is 369 g/mol. The number of benzene rings is 1. The van der Waals surface area contributed by atoms with Crippen molar-refractivity contribution in [3.05, 3.63) is 59.0 Å². The minimum Gasteiger partial charge on any atom is -0.345 e. The number of hydrogen-bond acceptors (Lipinski definition) is 2. The number of rotatable bonds is 6. The number of para-hydroxylation sites is 1. The smallest absolute Gasteiger partial charge is 0.228 e. The van der Waals surface area contributed by atoms with Gasteiger partial charge in [0.15, 0.2) is 0 Å². The molecule has 1 N–H and O–H groups in total. The predicted octanol–water partition coefficient (Wildman–Crippen LogP) is 5.23. The van der Waals surface area contributed by atoms with Crippen LogP contribution in [0.3, 0.4) is 0 Å². The highest BCUT2D eigenvalue weighted by molar-refractivity contribution is 6.33. The number of pyridine rings is 1. The molecule has 1 aromatic carbocycles. The summed E-state index contributed by atoms with van der Waals surface area (Å²) in [6.07, 6.45) is 4.57. The Morgan fingerprint density at radius 2 is 2.04 bits per heavy atom. The highest BCUT2D eigenvalue weighted by atomic mass is 35.5.